The third-order valence-corrected chi connectivity index (χ3v) is 3.67. The first-order valence-electron chi connectivity index (χ1n) is 6.73. The number of nitrogens with zero attached hydrogens (tertiary/aromatic N) is 1. The number of benzene rings is 1. The zero-order valence-electron chi connectivity index (χ0n) is 11.3. The van der Waals surface area contributed by atoms with Gasteiger partial charge in [0.2, 0.25) is 11.8 Å². The minimum absolute atomic E-state index is 0.232. The number of rotatable bonds is 1. The second-order valence-electron chi connectivity index (χ2n) is 5.07. The molecule has 0 bridgehead atoms. The van der Waals surface area contributed by atoms with Gasteiger partial charge >= 0.3 is 0 Å². The van der Waals surface area contributed by atoms with E-state index in [0.29, 0.717) is 30.0 Å². The molecule has 2 heterocycles. The molecule has 1 unspecified atom stereocenters. The van der Waals surface area contributed by atoms with Crippen LogP contribution < -0.4 is 15.8 Å². The number of amides is 3. The lowest BCUT2D eigenvalue weighted by atomic mass is 10.0. The molecule has 0 aliphatic carbocycles. The van der Waals surface area contributed by atoms with E-state index in [2.05, 4.69) is 5.32 Å². The lowest BCUT2D eigenvalue weighted by Gasteiger charge is -2.31. The van der Waals surface area contributed by atoms with Gasteiger partial charge in [0.15, 0.2) is 0 Å². The highest BCUT2D eigenvalue weighted by molar-refractivity contribution is 6.04. The third-order valence-electron chi connectivity index (χ3n) is 3.67. The van der Waals surface area contributed by atoms with Crippen LogP contribution >= 0.6 is 0 Å². The van der Waals surface area contributed by atoms with Crippen LogP contribution in [0.2, 0.25) is 0 Å². The number of ether oxygens (including phenoxy) is 1. The molecule has 7 nitrogen and oxygen atoms in total. The van der Waals surface area contributed by atoms with Gasteiger partial charge in [-0.05, 0) is 18.6 Å². The number of carbonyl (C=O) groups excluding carboxylic acids is 3. The SMILES string of the molecule is Nc1ccc2c(c1)OCCN(C1CCC(=O)NC1=O)C2=O. The Balaban J connectivity index is 1.90. The van der Waals surface area contributed by atoms with Gasteiger partial charge in [-0.2, -0.15) is 0 Å². The second-order valence-corrected chi connectivity index (χ2v) is 5.07. The van der Waals surface area contributed by atoms with Crippen LogP contribution in [0.1, 0.15) is 23.2 Å². The Hall–Kier alpha value is -2.57. The van der Waals surface area contributed by atoms with Crippen LogP contribution in [0.15, 0.2) is 18.2 Å². The maximum atomic E-state index is 12.6. The molecule has 0 aromatic heterocycles. The number of imide groups is 1. The Morgan fingerprint density at radius 2 is 2.10 bits per heavy atom. The third kappa shape index (κ3) is 2.42. The summed E-state index contributed by atoms with van der Waals surface area (Å²) in [6.07, 6.45) is 0.566. The van der Waals surface area contributed by atoms with E-state index in [4.69, 9.17) is 10.5 Å². The van der Waals surface area contributed by atoms with Crippen LogP contribution in [0.25, 0.3) is 0 Å². The van der Waals surface area contributed by atoms with Crippen LogP contribution in [-0.2, 0) is 9.59 Å². The molecular weight excluding hydrogens is 274 g/mol. The van der Waals surface area contributed by atoms with E-state index >= 15 is 0 Å². The molecule has 3 N–H and O–H groups in total. The summed E-state index contributed by atoms with van der Waals surface area (Å²) in [6, 6.07) is 4.18. The number of anilines is 1. The van der Waals surface area contributed by atoms with E-state index in [-0.39, 0.29) is 24.8 Å². The van der Waals surface area contributed by atoms with Gasteiger partial charge in [-0.15, -0.1) is 0 Å². The number of nitrogen functional groups attached to an aromatic ring is 1. The monoisotopic (exact) mass is 289 g/mol. The van der Waals surface area contributed by atoms with Gasteiger partial charge in [0.25, 0.3) is 5.91 Å². The fraction of sp³-hybridized carbons (Fsp3) is 0.357. The number of hydrogen-bond acceptors (Lipinski definition) is 5. The molecule has 0 spiro atoms. The molecule has 7 heteroatoms. The highest BCUT2D eigenvalue weighted by Gasteiger charge is 2.36. The molecule has 1 fully saturated rings. The van der Waals surface area contributed by atoms with Gasteiger partial charge < -0.3 is 15.4 Å². The summed E-state index contributed by atoms with van der Waals surface area (Å²) in [5, 5.41) is 2.27. The van der Waals surface area contributed by atoms with Crippen molar-refractivity contribution in [3.8, 4) is 5.75 Å². The zero-order chi connectivity index (χ0) is 15.0. The van der Waals surface area contributed by atoms with E-state index in [1.54, 1.807) is 18.2 Å². The largest absolute Gasteiger partial charge is 0.491 e. The van der Waals surface area contributed by atoms with Gasteiger partial charge in [0.05, 0.1) is 12.1 Å². The van der Waals surface area contributed by atoms with Crippen molar-refractivity contribution in [2.75, 3.05) is 18.9 Å². The summed E-state index contributed by atoms with van der Waals surface area (Å²) >= 11 is 0. The molecule has 2 aliphatic heterocycles. The maximum absolute atomic E-state index is 12.6. The summed E-state index contributed by atoms with van der Waals surface area (Å²) in [7, 11) is 0. The van der Waals surface area contributed by atoms with Gasteiger partial charge in [0, 0.05) is 18.2 Å². The fourth-order valence-electron chi connectivity index (χ4n) is 2.62. The van der Waals surface area contributed by atoms with Gasteiger partial charge in [0.1, 0.15) is 18.4 Å². The molecule has 110 valence electrons. The summed E-state index contributed by atoms with van der Waals surface area (Å²) in [4.78, 5) is 37.2. The minimum Gasteiger partial charge on any atom is -0.491 e. The Kier molecular flexibility index (Phi) is 3.25. The second kappa shape index (κ2) is 5.08. The highest BCUT2D eigenvalue weighted by atomic mass is 16.5. The van der Waals surface area contributed by atoms with Crippen molar-refractivity contribution in [1.82, 2.24) is 10.2 Å². The average Bonchev–Trinajstić information content (AvgIpc) is 2.58. The molecule has 21 heavy (non-hydrogen) atoms. The predicted octanol–water partition coefficient (Wildman–Crippen LogP) is -0.0914. The number of nitrogens with two attached hydrogens (primary N) is 1. The van der Waals surface area contributed by atoms with Crippen LogP contribution in [0.4, 0.5) is 5.69 Å². The average molecular weight is 289 g/mol. The molecule has 3 amide bonds. The van der Waals surface area contributed by atoms with Gasteiger partial charge in [-0.1, -0.05) is 0 Å². The van der Waals surface area contributed by atoms with Crippen molar-refractivity contribution in [2.45, 2.75) is 18.9 Å². The van der Waals surface area contributed by atoms with E-state index in [9.17, 15) is 14.4 Å². The van der Waals surface area contributed by atoms with Crippen molar-refractivity contribution in [2.24, 2.45) is 0 Å². The summed E-state index contributed by atoms with van der Waals surface area (Å²) < 4.78 is 5.54. The number of piperidine rings is 1. The Labute approximate surface area is 121 Å². The lowest BCUT2D eigenvalue weighted by molar-refractivity contribution is -0.136. The highest BCUT2D eigenvalue weighted by Crippen LogP contribution is 2.27. The summed E-state index contributed by atoms with van der Waals surface area (Å²) in [5.74, 6) is -0.590. The van der Waals surface area contributed by atoms with E-state index in [0.717, 1.165) is 0 Å². The zero-order valence-corrected chi connectivity index (χ0v) is 11.3. The Morgan fingerprint density at radius 1 is 1.29 bits per heavy atom. The Bertz CT molecular complexity index is 629. The summed E-state index contributed by atoms with van der Waals surface area (Å²) in [5.41, 5.74) is 6.58. The van der Waals surface area contributed by atoms with Crippen molar-refractivity contribution < 1.29 is 19.1 Å². The standard InChI is InChI=1S/C14H15N3O4/c15-8-1-2-9-11(7-8)21-6-5-17(14(9)20)10-3-4-12(18)16-13(10)19/h1-2,7,10H,3-6,15H2,(H,16,18,19). The van der Waals surface area contributed by atoms with Crippen molar-refractivity contribution in [3.05, 3.63) is 23.8 Å². The molecular formula is C14H15N3O4. The van der Waals surface area contributed by atoms with E-state index in [1.165, 1.54) is 4.90 Å². The van der Waals surface area contributed by atoms with Crippen molar-refractivity contribution in [3.63, 3.8) is 0 Å². The Morgan fingerprint density at radius 3 is 2.86 bits per heavy atom. The molecule has 1 aromatic carbocycles. The van der Waals surface area contributed by atoms with Crippen LogP contribution in [0.5, 0.6) is 5.75 Å². The van der Waals surface area contributed by atoms with Crippen LogP contribution in [0, 0.1) is 0 Å². The fourth-order valence-corrected chi connectivity index (χ4v) is 2.62. The van der Waals surface area contributed by atoms with E-state index < -0.39 is 11.9 Å². The summed E-state index contributed by atoms with van der Waals surface area (Å²) in [6.45, 7) is 0.569. The first kappa shape index (κ1) is 13.4. The van der Waals surface area contributed by atoms with E-state index in [1.807, 2.05) is 0 Å². The molecule has 1 atom stereocenters. The first-order chi connectivity index (χ1) is 10.1. The van der Waals surface area contributed by atoms with Crippen molar-refractivity contribution in [1.29, 1.82) is 0 Å². The molecule has 3 rings (SSSR count). The molecule has 1 saturated heterocycles. The van der Waals surface area contributed by atoms with Crippen LogP contribution in [-0.4, -0.2) is 41.8 Å². The van der Waals surface area contributed by atoms with Crippen molar-refractivity contribution >= 4 is 23.4 Å². The molecule has 1 aromatic rings. The number of carbonyl (C=O) groups is 3. The predicted molar refractivity (Wildman–Crippen MR) is 73.6 cm³/mol. The molecule has 2 aliphatic rings. The maximum Gasteiger partial charge on any atom is 0.258 e. The van der Waals surface area contributed by atoms with Gasteiger partial charge in [-0.25, -0.2) is 0 Å². The topological polar surface area (TPSA) is 102 Å². The number of fused-ring (bicyclic) bond motifs is 1. The van der Waals surface area contributed by atoms with Crippen LogP contribution in [0.3, 0.4) is 0 Å². The van der Waals surface area contributed by atoms with Gasteiger partial charge in [-0.3, -0.25) is 19.7 Å². The quantitative estimate of drug-likeness (QED) is 0.555. The molecule has 0 radical (unpaired) electrons. The smallest absolute Gasteiger partial charge is 0.258 e. The first-order valence-corrected chi connectivity index (χ1v) is 6.73. The number of hydrogen-bond donors (Lipinski definition) is 2. The lowest BCUT2D eigenvalue weighted by Crippen LogP contribution is -2.54. The number of nitrogens with one attached hydrogen (secondary N) is 1. The minimum atomic E-state index is -0.637. The molecule has 0 saturated carbocycles. The normalized spacial score (nSPS) is 22.2.